The van der Waals surface area contributed by atoms with Crippen LogP contribution in [-0.2, 0) is 0 Å². The topological polar surface area (TPSA) is 44.9 Å². The fourth-order valence-electron chi connectivity index (χ4n) is 0.942. The lowest BCUT2D eigenvalue weighted by atomic mass is 10.3. The fraction of sp³-hybridized carbons (Fsp3) is 0.300. The summed E-state index contributed by atoms with van der Waals surface area (Å²) in [4.78, 5) is 14.3. The van der Waals surface area contributed by atoms with Crippen LogP contribution < -0.4 is 5.32 Å². The molecule has 1 aromatic heterocycles. The van der Waals surface area contributed by atoms with Gasteiger partial charge in [0.25, 0.3) is 5.91 Å². The lowest BCUT2D eigenvalue weighted by Gasteiger charge is -1.99. The Kier molecular flexibility index (Phi) is 3.95. The highest BCUT2D eigenvalue weighted by Crippen LogP contribution is 2.10. The van der Waals surface area contributed by atoms with Gasteiger partial charge in [-0.1, -0.05) is 11.6 Å². The minimum absolute atomic E-state index is 0.0896. The Labute approximate surface area is 91.7 Å². The van der Waals surface area contributed by atoms with Gasteiger partial charge >= 0.3 is 0 Å². The Morgan fingerprint density at radius 1 is 1.64 bits per heavy atom. The molecule has 1 amide bonds. The first-order valence-electron chi connectivity index (χ1n) is 4.35. The summed E-state index contributed by atoms with van der Waals surface area (Å²) in [6.45, 7) is 4.56. The second kappa shape index (κ2) is 5.00. The van der Waals surface area contributed by atoms with Gasteiger partial charge in [-0.2, -0.15) is 0 Å². The molecular weight excluding hydrogens is 244 g/mol. The van der Waals surface area contributed by atoms with Crippen LogP contribution in [0.15, 0.2) is 28.4 Å². The van der Waals surface area contributed by atoms with Crippen molar-refractivity contribution in [1.82, 2.24) is 10.3 Å². The molecule has 0 saturated carbocycles. The lowest BCUT2D eigenvalue weighted by Crippen LogP contribution is -2.23. The summed E-state index contributed by atoms with van der Waals surface area (Å²) in [5.41, 5.74) is 1.76. The number of hydrogen-bond donors (Lipinski definition) is 2. The maximum absolute atomic E-state index is 11.4. The molecule has 0 fully saturated rings. The Morgan fingerprint density at radius 2 is 2.36 bits per heavy atom. The average Bonchev–Trinajstić information content (AvgIpc) is 2.51. The quantitative estimate of drug-likeness (QED) is 0.803. The minimum atomic E-state index is -0.0896. The Morgan fingerprint density at radius 3 is 2.86 bits per heavy atom. The summed E-state index contributed by atoms with van der Waals surface area (Å²) in [5.74, 6) is -0.0896. The highest BCUT2D eigenvalue weighted by atomic mass is 79.9. The molecule has 0 unspecified atom stereocenters. The van der Waals surface area contributed by atoms with Gasteiger partial charge in [0, 0.05) is 17.2 Å². The summed E-state index contributed by atoms with van der Waals surface area (Å²) < 4.78 is 0.880. The van der Waals surface area contributed by atoms with E-state index in [0.29, 0.717) is 12.2 Å². The Bertz CT molecular complexity index is 351. The molecule has 0 aromatic carbocycles. The van der Waals surface area contributed by atoms with Crippen LogP contribution in [-0.4, -0.2) is 17.4 Å². The molecule has 0 atom stereocenters. The molecule has 2 N–H and O–H groups in total. The molecule has 76 valence electrons. The number of aromatic nitrogens is 1. The van der Waals surface area contributed by atoms with Crippen molar-refractivity contribution in [2.75, 3.05) is 6.54 Å². The molecule has 0 aliphatic carbocycles. The van der Waals surface area contributed by atoms with Gasteiger partial charge < -0.3 is 10.3 Å². The summed E-state index contributed by atoms with van der Waals surface area (Å²) >= 11 is 3.27. The molecule has 1 heterocycles. The SMILES string of the molecule is CC(C)=CCNC(=O)c1cc(Br)c[nH]1. The maximum atomic E-state index is 11.4. The largest absolute Gasteiger partial charge is 0.356 e. The monoisotopic (exact) mass is 256 g/mol. The van der Waals surface area contributed by atoms with Gasteiger partial charge in [0.05, 0.1) is 0 Å². The van der Waals surface area contributed by atoms with Gasteiger partial charge in [0.15, 0.2) is 0 Å². The number of hydrogen-bond acceptors (Lipinski definition) is 1. The Hall–Kier alpha value is -1.03. The first kappa shape index (κ1) is 11.0. The third-order valence-electron chi connectivity index (χ3n) is 1.67. The zero-order valence-corrected chi connectivity index (χ0v) is 9.81. The number of carbonyl (C=O) groups excluding carboxylic acids is 1. The molecule has 0 aliphatic heterocycles. The number of allylic oxidation sites excluding steroid dienone is 1. The van der Waals surface area contributed by atoms with Crippen LogP contribution in [0.1, 0.15) is 24.3 Å². The fourth-order valence-corrected chi connectivity index (χ4v) is 1.29. The van der Waals surface area contributed by atoms with E-state index in [0.717, 1.165) is 4.47 Å². The van der Waals surface area contributed by atoms with Crippen LogP contribution in [0.5, 0.6) is 0 Å². The van der Waals surface area contributed by atoms with E-state index in [2.05, 4.69) is 26.2 Å². The summed E-state index contributed by atoms with van der Waals surface area (Å²) in [7, 11) is 0. The third kappa shape index (κ3) is 3.38. The van der Waals surface area contributed by atoms with Crippen LogP contribution in [0, 0.1) is 0 Å². The van der Waals surface area contributed by atoms with Crippen LogP contribution in [0.25, 0.3) is 0 Å². The number of rotatable bonds is 3. The van der Waals surface area contributed by atoms with Crippen molar-refractivity contribution >= 4 is 21.8 Å². The van der Waals surface area contributed by atoms with E-state index in [4.69, 9.17) is 0 Å². The molecule has 0 bridgehead atoms. The van der Waals surface area contributed by atoms with Crippen LogP contribution in [0.3, 0.4) is 0 Å². The molecule has 0 aliphatic rings. The minimum Gasteiger partial charge on any atom is -0.356 e. The number of nitrogens with one attached hydrogen (secondary N) is 2. The molecule has 3 nitrogen and oxygen atoms in total. The Balaban J connectivity index is 2.47. The van der Waals surface area contributed by atoms with Crippen molar-refractivity contribution in [3.63, 3.8) is 0 Å². The predicted molar refractivity (Wildman–Crippen MR) is 60.3 cm³/mol. The van der Waals surface area contributed by atoms with Crippen LogP contribution in [0.4, 0.5) is 0 Å². The average molecular weight is 257 g/mol. The summed E-state index contributed by atoms with van der Waals surface area (Å²) in [6, 6.07) is 1.75. The van der Waals surface area contributed by atoms with Crippen molar-refractivity contribution in [1.29, 1.82) is 0 Å². The van der Waals surface area contributed by atoms with Crippen LogP contribution in [0.2, 0.25) is 0 Å². The molecule has 1 rings (SSSR count). The first-order valence-corrected chi connectivity index (χ1v) is 5.14. The van der Waals surface area contributed by atoms with Gasteiger partial charge in [-0.3, -0.25) is 4.79 Å². The van der Waals surface area contributed by atoms with Crippen molar-refractivity contribution in [2.24, 2.45) is 0 Å². The normalized spacial score (nSPS) is 9.64. The zero-order valence-electron chi connectivity index (χ0n) is 8.23. The van der Waals surface area contributed by atoms with Gasteiger partial charge in [-0.05, 0) is 35.8 Å². The third-order valence-corrected chi connectivity index (χ3v) is 2.12. The summed E-state index contributed by atoms with van der Waals surface area (Å²) in [6.07, 6.45) is 3.70. The molecule has 14 heavy (non-hydrogen) atoms. The standard InChI is InChI=1S/C10H13BrN2O/c1-7(2)3-4-12-10(14)9-5-8(11)6-13-9/h3,5-6,13H,4H2,1-2H3,(H,12,14). The van der Waals surface area contributed by atoms with Gasteiger partial charge in [0.1, 0.15) is 5.69 Å². The molecule has 0 radical (unpaired) electrons. The highest BCUT2D eigenvalue weighted by Gasteiger charge is 2.05. The lowest BCUT2D eigenvalue weighted by molar-refractivity contribution is 0.0953. The van der Waals surface area contributed by atoms with Gasteiger partial charge in [-0.25, -0.2) is 0 Å². The molecule has 0 spiro atoms. The predicted octanol–water partition coefficient (Wildman–Crippen LogP) is 2.47. The van der Waals surface area contributed by atoms with Crippen molar-refractivity contribution < 1.29 is 4.79 Å². The number of aromatic amines is 1. The van der Waals surface area contributed by atoms with E-state index >= 15 is 0 Å². The molecular formula is C10H13BrN2O. The van der Waals surface area contributed by atoms with E-state index in [1.165, 1.54) is 5.57 Å². The van der Waals surface area contributed by atoms with Crippen molar-refractivity contribution in [3.8, 4) is 0 Å². The maximum Gasteiger partial charge on any atom is 0.267 e. The first-order chi connectivity index (χ1) is 6.59. The number of H-pyrrole nitrogens is 1. The molecule has 1 aromatic rings. The molecule has 4 heteroatoms. The molecule has 0 saturated heterocycles. The number of carbonyl (C=O) groups is 1. The van der Waals surface area contributed by atoms with E-state index < -0.39 is 0 Å². The van der Waals surface area contributed by atoms with E-state index in [-0.39, 0.29) is 5.91 Å². The zero-order chi connectivity index (χ0) is 10.6. The van der Waals surface area contributed by atoms with Crippen LogP contribution >= 0.6 is 15.9 Å². The van der Waals surface area contributed by atoms with Crippen molar-refractivity contribution in [2.45, 2.75) is 13.8 Å². The van der Waals surface area contributed by atoms with Gasteiger partial charge in [0.2, 0.25) is 0 Å². The van der Waals surface area contributed by atoms with Gasteiger partial charge in [-0.15, -0.1) is 0 Å². The smallest absolute Gasteiger partial charge is 0.267 e. The second-order valence-corrected chi connectivity index (χ2v) is 4.14. The number of amides is 1. The van der Waals surface area contributed by atoms with E-state index in [1.54, 1.807) is 12.3 Å². The highest BCUT2D eigenvalue weighted by molar-refractivity contribution is 9.10. The second-order valence-electron chi connectivity index (χ2n) is 3.22. The summed E-state index contributed by atoms with van der Waals surface area (Å²) in [5, 5.41) is 2.78. The number of halogens is 1. The van der Waals surface area contributed by atoms with E-state index in [9.17, 15) is 4.79 Å². The van der Waals surface area contributed by atoms with E-state index in [1.807, 2.05) is 19.9 Å². The van der Waals surface area contributed by atoms with Crippen molar-refractivity contribution in [3.05, 3.63) is 34.1 Å².